The monoisotopic (exact) mass is 383 g/mol. The predicted molar refractivity (Wildman–Crippen MR) is 113 cm³/mol. The van der Waals surface area contributed by atoms with Crippen LogP contribution in [-0.2, 0) is 4.79 Å². The molecule has 2 rings (SSSR count). The Kier molecular flexibility index (Phi) is 8.34. The normalized spacial score (nSPS) is 10.4. The minimum Gasteiger partial charge on any atom is -0.494 e. The highest BCUT2D eigenvalue weighted by Gasteiger charge is 2.06. The molecule has 0 aromatic heterocycles. The number of urea groups is 1. The van der Waals surface area contributed by atoms with E-state index in [1.54, 1.807) is 24.3 Å². The van der Waals surface area contributed by atoms with Crippen molar-refractivity contribution < 1.29 is 14.3 Å². The third-order valence-electron chi connectivity index (χ3n) is 3.89. The van der Waals surface area contributed by atoms with E-state index in [-0.39, 0.29) is 11.9 Å². The number of rotatable bonds is 9. The second-order valence-electron chi connectivity index (χ2n) is 7.12. The number of carbonyl (C=O) groups is 2. The molecule has 6 nitrogen and oxygen atoms in total. The van der Waals surface area contributed by atoms with E-state index in [2.05, 4.69) is 16.0 Å². The number of hydrogen-bond donors (Lipinski definition) is 3. The zero-order valence-electron chi connectivity index (χ0n) is 16.7. The lowest BCUT2D eigenvalue weighted by molar-refractivity contribution is -0.116. The van der Waals surface area contributed by atoms with Crippen molar-refractivity contribution >= 4 is 23.3 Å². The van der Waals surface area contributed by atoms with Crippen LogP contribution in [0.2, 0.25) is 0 Å². The molecule has 0 atom stereocenters. The fourth-order valence-corrected chi connectivity index (χ4v) is 2.56. The molecule has 0 unspecified atom stereocenters. The summed E-state index contributed by atoms with van der Waals surface area (Å²) in [7, 11) is 0. The van der Waals surface area contributed by atoms with Gasteiger partial charge in [-0.2, -0.15) is 0 Å². The number of ether oxygens (including phenoxy) is 1. The molecule has 0 saturated carbocycles. The van der Waals surface area contributed by atoms with Crippen LogP contribution in [0, 0.1) is 12.8 Å². The summed E-state index contributed by atoms with van der Waals surface area (Å²) in [5, 5.41) is 8.40. The van der Waals surface area contributed by atoms with Gasteiger partial charge in [-0.05, 0) is 61.2 Å². The number of nitrogens with one attached hydrogen (secondary N) is 3. The first-order valence-corrected chi connectivity index (χ1v) is 9.56. The molecule has 28 heavy (non-hydrogen) atoms. The lowest BCUT2D eigenvalue weighted by Gasteiger charge is -2.10. The molecule has 0 radical (unpaired) electrons. The van der Waals surface area contributed by atoms with Crippen LogP contribution in [0.1, 0.15) is 32.3 Å². The fraction of sp³-hybridized carbons (Fsp3) is 0.364. The van der Waals surface area contributed by atoms with Crippen LogP contribution in [0.4, 0.5) is 16.2 Å². The summed E-state index contributed by atoms with van der Waals surface area (Å²) < 4.78 is 5.65. The number of anilines is 2. The van der Waals surface area contributed by atoms with Gasteiger partial charge in [0, 0.05) is 24.3 Å². The standard InChI is InChI=1S/C22H29N3O3/c1-16(2)14-21(26)24-18-8-10-19(11-9-18)25-22(27)23-12-5-13-28-20-7-4-6-17(3)15-20/h4,6-11,15-16H,5,12-14H2,1-3H3,(H,24,26)(H2,23,25,27). The Hall–Kier alpha value is -3.02. The third-order valence-corrected chi connectivity index (χ3v) is 3.89. The van der Waals surface area contributed by atoms with Crippen molar-refractivity contribution in [2.45, 2.75) is 33.6 Å². The van der Waals surface area contributed by atoms with Gasteiger partial charge in [0.25, 0.3) is 0 Å². The fourth-order valence-electron chi connectivity index (χ4n) is 2.56. The van der Waals surface area contributed by atoms with Gasteiger partial charge in [-0.25, -0.2) is 4.79 Å². The summed E-state index contributed by atoms with van der Waals surface area (Å²) in [6.45, 7) is 7.07. The Morgan fingerprint density at radius 1 is 1.00 bits per heavy atom. The highest BCUT2D eigenvalue weighted by molar-refractivity contribution is 5.92. The van der Waals surface area contributed by atoms with Crippen molar-refractivity contribution in [1.82, 2.24) is 5.32 Å². The van der Waals surface area contributed by atoms with E-state index in [4.69, 9.17) is 4.74 Å². The van der Waals surface area contributed by atoms with Crippen molar-refractivity contribution in [3.63, 3.8) is 0 Å². The van der Waals surface area contributed by atoms with E-state index < -0.39 is 0 Å². The SMILES string of the molecule is Cc1cccc(OCCCNC(=O)Nc2ccc(NC(=O)CC(C)C)cc2)c1. The number of aryl methyl sites for hydroxylation is 1. The molecular formula is C22H29N3O3. The summed E-state index contributed by atoms with van der Waals surface area (Å²) in [5.41, 5.74) is 2.53. The van der Waals surface area contributed by atoms with Crippen molar-refractivity contribution in [2.75, 3.05) is 23.8 Å². The molecule has 0 spiro atoms. The van der Waals surface area contributed by atoms with Gasteiger partial charge in [0.2, 0.25) is 5.91 Å². The van der Waals surface area contributed by atoms with Gasteiger partial charge in [-0.15, -0.1) is 0 Å². The molecule has 0 aliphatic rings. The molecule has 0 fully saturated rings. The Morgan fingerprint density at radius 2 is 1.68 bits per heavy atom. The Balaban J connectivity index is 1.65. The maximum atomic E-state index is 11.9. The third kappa shape index (κ3) is 8.12. The maximum Gasteiger partial charge on any atom is 0.319 e. The molecule has 0 aliphatic heterocycles. The molecule has 3 amide bonds. The minimum atomic E-state index is -0.271. The molecular weight excluding hydrogens is 354 g/mol. The highest BCUT2D eigenvalue weighted by Crippen LogP contribution is 2.15. The molecule has 0 bridgehead atoms. The van der Waals surface area contributed by atoms with Crippen LogP contribution in [-0.4, -0.2) is 25.1 Å². The predicted octanol–water partition coefficient (Wildman–Crippen LogP) is 4.57. The second kappa shape index (κ2) is 11.0. The van der Waals surface area contributed by atoms with E-state index in [9.17, 15) is 9.59 Å². The van der Waals surface area contributed by atoms with Crippen molar-refractivity contribution in [3.8, 4) is 5.75 Å². The summed E-state index contributed by atoms with van der Waals surface area (Å²) in [5.74, 6) is 1.14. The first-order chi connectivity index (χ1) is 13.4. The lowest BCUT2D eigenvalue weighted by atomic mass is 10.1. The first kappa shape index (κ1) is 21.3. The van der Waals surface area contributed by atoms with Gasteiger partial charge in [-0.3, -0.25) is 4.79 Å². The van der Waals surface area contributed by atoms with E-state index in [0.29, 0.717) is 43.3 Å². The quantitative estimate of drug-likeness (QED) is 0.555. The summed E-state index contributed by atoms with van der Waals surface area (Å²) in [6, 6.07) is 14.6. The molecule has 0 aliphatic carbocycles. The molecule has 2 aromatic rings. The number of benzene rings is 2. The summed E-state index contributed by atoms with van der Waals surface area (Å²) in [4.78, 5) is 23.7. The molecule has 3 N–H and O–H groups in total. The maximum absolute atomic E-state index is 11.9. The minimum absolute atomic E-state index is 0.0127. The van der Waals surface area contributed by atoms with Crippen LogP contribution in [0.5, 0.6) is 5.75 Å². The molecule has 0 saturated heterocycles. The summed E-state index contributed by atoms with van der Waals surface area (Å²) in [6.07, 6.45) is 1.19. The highest BCUT2D eigenvalue weighted by atomic mass is 16.5. The average Bonchev–Trinajstić information content (AvgIpc) is 2.62. The first-order valence-electron chi connectivity index (χ1n) is 9.56. The van der Waals surface area contributed by atoms with Crippen LogP contribution in [0.3, 0.4) is 0 Å². The Morgan fingerprint density at radius 3 is 2.32 bits per heavy atom. The van der Waals surface area contributed by atoms with Gasteiger partial charge < -0.3 is 20.7 Å². The Labute approximate surface area is 166 Å². The topological polar surface area (TPSA) is 79.5 Å². The van der Waals surface area contributed by atoms with Gasteiger partial charge in [-0.1, -0.05) is 26.0 Å². The summed E-state index contributed by atoms with van der Waals surface area (Å²) >= 11 is 0. The van der Waals surface area contributed by atoms with Crippen LogP contribution < -0.4 is 20.7 Å². The van der Waals surface area contributed by atoms with Gasteiger partial charge in [0.1, 0.15) is 5.75 Å². The van der Waals surface area contributed by atoms with Crippen LogP contribution in [0.25, 0.3) is 0 Å². The van der Waals surface area contributed by atoms with E-state index in [1.807, 2.05) is 45.0 Å². The van der Waals surface area contributed by atoms with Gasteiger partial charge >= 0.3 is 6.03 Å². The zero-order chi connectivity index (χ0) is 20.4. The van der Waals surface area contributed by atoms with Crippen LogP contribution >= 0.6 is 0 Å². The van der Waals surface area contributed by atoms with E-state index in [0.717, 1.165) is 11.3 Å². The lowest BCUT2D eigenvalue weighted by Crippen LogP contribution is -2.30. The number of carbonyl (C=O) groups excluding carboxylic acids is 2. The van der Waals surface area contributed by atoms with Gasteiger partial charge in [0.15, 0.2) is 0 Å². The smallest absolute Gasteiger partial charge is 0.319 e. The van der Waals surface area contributed by atoms with E-state index >= 15 is 0 Å². The number of amides is 3. The van der Waals surface area contributed by atoms with Crippen molar-refractivity contribution in [2.24, 2.45) is 5.92 Å². The number of hydrogen-bond acceptors (Lipinski definition) is 3. The van der Waals surface area contributed by atoms with Crippen molar-refractivity contribution in [1.29, 1.82) is 0 Å². The Bertz CT molecular complexity index is 773. The van der Waals surface area contributed by atoms with Gasteiger partial charge in [0.05, 0.1) is 6.61 Å². The van der Waals surface area contributed by atoms with E-state index in [1.165, 1.54) is 0 Å². The molecule has 0 heterocycles. The second-order valence-corrected chi connectivity index (χ2v) is 7.12. The van der Waals surface area contributed by atoms with Crippen LogP contribution in [0.15, 0.2) is 48.5 Å². The average molecular weight is 383 g/mol. The molecule has 6 heteroatoms. The molecule has 2 aromatic carbocycles. The largest absolute Gasteiger partial charge is 0.494 e. The van der Waals surface area contributed by atoms with Crippen molar-refractivity contribution in [3.05, 3.63) is 54.1 Å². The zero-order valence-corrected chi connectivity index (χ0v) is 16.7. The molecule has 150 valence electrons.